The second-order valence-corrected chi connectivity index (χ2v) is 11.1. The fourth-order valence-electron chi connectivity index (χ4n) is 3.71. The molecule has 0 aromatic carbocycles. The summed E-state index contributed by atoms with van der Waals surface area (Å²) in [4.78, 5) is 36.2. The number of esters is 2. The Labute approximate surface area is 231 Å². The molecule has 9 nitrogen and oxygen atoms in total. The maximum atomic E-state index is 12.4. The van der Waals surface area contributed by atoms with E-state index in [9.17, 15) is 19.5 Å². The summed E-state index contributed by atoms with van der Waals surface area (Å²) >= 11 is 0. The molecule has 2 unspecified atom stereocenters. The summed E-state index contributed by atoms with van der Waals surface area (Å²) in [5, 5.41) is 9.46. The van der Waals surface area contributed by atoms with E-state index in [0.717, 1.165) is 38.5 Å². The van der Waals surface area contributed by atoms with Crippen LogP contribution in [0.3, 0.4) is 0 Å². The maximum Gasteiger partial charge on any atom is 0.361 e. The molecule has 0 bridgehead atoms. The molecule has 0 heterocycles. The molecule has 0 aromatic rings. The second kappa shape index (κ2) is 23.2. The van der Waals surface area contributed by atoms with Crippen LogP contribution in [0.4, 0.5) is 0 Å². The lowest BCUT2D eigenvalue weighted by Crippen LogP contribution is -2.40. The lowest BCUT2D eigenvalue weighted by Gasteiger charge is -2.25. The molecule has 0 saturated carbocycles. The van der Waals surface area contributed by atoms with Gasteiger partial charge in [0.05, 0.1) is 34.4 Å². The Morgan fingerprint density at radius 3 is 1.68 bits per heavy atom. The van der Waals surface area contributed by atoms with Crippen LogP contribution in [0, 0.1) is 0 Å². The summed E-state index contributed by atoms with van der Waals surface area (Å²) in [5.41, 5.74) is 0. The van der Waals surface area contributed by atoms with Crippen molar-refractivity contribution < 1.29 is 42.9 Å². The van der Waals surface area contributed by atoms with E-state index >= 15 is 0 Å². The van der Waals surface area contributed by atoms with Gasteiger partial charge in [-0.2, -0.15) is 0 Å². The molecule has 0 amide bonds. The van der Waals surface area contributed by atoms with E-state index in [1.54, 1.807) is 0 Å². The topological polar surface area (TPSA) is 108 Å². The van der Waals surface area contributed by atoms with Crippen LogP contribution in [-0.2, 0) is 33.3 Å². The first kappa shape index (κ1) is 36.3. The molecular formula is C29H56NO8+. The average Bonchev–Trinajstić information content (AvgIpc) is 2.84. The third-order valence-electron chi connectivity index (χ3n) is 6.11. The zero-order valence-corrected chi connectivity index (χ0v) is 24.8. The summed E-state index contributed by atoms with van der Waals surface area (Å²) in [6, 6.07) is 0. The molecule has 1 N–H and O–H groups in total. The zero-order valence-electron chi connectivity index (χ0n) is 24.8. The highest BCUT2D eigenvalue weighted by atomic mass is 16.7. The van der Waals surface area contributed by atoms with Gasteiger partial charge in [-0.1, -0.05) is 84.5 Å². The molecule has 224 valence electrons. The van der Waals surface area contributed by atoms with E-state index in [1.807, 2.05) is 21.1 Å². The minimum atomic E-state index is -1.50. The lowest BCUT2D eigenvalue weighted by molar-refractivity contribution is -0.870. The van der Waals surface area contributed by atoms with Crippen LogP contribution in [0.25, 0.3) is 0 Å². The molecule has 0 fully saturated rings. The Balaban J connectivity index is 4.69. The number of ether oxygens (including phenoxy) is 4. The third-order valence-corrected chi connectivity index (χ3v) is 6.11. The minimum Gasteiger partial charge on any atom is -0.477 e. The van der Waals surface area contributed by atoms with Gasteiger partial charge in [0.15, 0.2) is 6.10 Å². The number of nitrogens with zero attached hydrogens (tertiary/aromatic N) is 1. The quantitative estimate of drug-likeness (QED) is 0.0657. The number of hydrogen-bond donors (Lipinski definition) is 1. The summed E-state index contributed by atoms with van der Waals surface area (Å²) in [5.74, 6) is -2.03. The smallest absolute Gasteiger partial charge is 0.361 e. The molecule has 0 rings (SSSR count). The highest BCUT2D eigenvalue weighted by Gasteiger charge is 2.25. The first-order chi connectivity index (χ1) is 18.1. The van der Waals surface area contributed by atoms with Crippen LogP contribution in [-0.4, -0.2) is 87.4 Å². The Kier molecular flexibility index (Phi) is 22.2. The Hall–Kier alpha value is -1.71. The van der Waals surface area contributed by atoms with Gasteiger partial charge in [0.1, 0.15) is 13.2 Å². The van der Waals surface area contributed by atoms with Gasteiger partial charge >= 0.3 is 17.9 Å². The largest absolute Gasteiger partial charge is 0.477 e. The van der Waals surface area contributed by atoms with Crippen LogP contribution in [0.5, 0.6) is 0 Å². The van der Waals surface area contributed by atoms with Gasteiger partial charge in [-0.05, 0) is 12.8 Å². The van der Waals surface area contributed by atoms with E-state index in [-0.39, 0.29) is 32.2 Å². The van der Waals surface area contributed by atoms with Gasteiger partial charge in [-0.15, -0.1) is 0 Å². The van der Waals surface area contributed by atoms with Crippen LogP contribution < -0.4 is 0 Å². The van der Waals surface area contributed by atoms with E-state index < -0.39 is 24.3 Å². The molecule has 0 aliphatic carbocycles. The molecule has 0 radical (unpaired) electrons. The highest BCUT2D eigenvalue weighted by Crippen LogP contribution is 2.11. The van der Waals surface area contributed by atoms with Gasteiger partial charge in [0.25, 0.3) is 6.29 Å². The number of quaternary nitrogens is 1. The van der Waals surface area contributed by atoms with Gasteiger partial charge in [-0.3, -0.25) is 9.59 Å². The zero-order chi connectivity index (χ0) is 28.7. The number of carbonyl (C=O) groups is 3. The molecule has 0 aliphatic heterocycles. The fourth-order valence-corrected chi connectivity index (χ4v) is 3.71. The fraction of sp³-hybridized carbons (Fsp3) is 0.897. The third kappa shape index (κ3) is 23.4. The predicted octanol–water partition coefficient (Wildman–Crippen LogP) is 5.48. The first-order valence-corrected chi connectivity index (χ1v) is 14.7. The highest BCUT2D eigenvalue weighted by molar-refractivity contribution is 5.71. The monoisotopic (exact) mass is 546 g/mol. The van der Waals surface area contributed by atoms with Crippen molar-refractivity contribution in [2.24, 2.45) is 0 Å². The van der Waals surface area contributed by atoms with Crippen molar-refractivity contribution in [3.05, 3.63) is 0 Å². The Bertz CT molecular complexity index is 620. The van der Waals surface area contributed by atoms with Gasteiger partial charge in [0.2, 0.25) is 0 Å². The normalized spacial score (nSPS) is 13.2. The molecule has 0 saturated heterocycles. The van der Waals surface area contributed by atoms with Crippen LogP contribution in [0.1, 0.15) is 110 Å². The summed E-state index contributed by atoms with van der Waals surface area (Å²) in [6.07, 6.45) is 12.1. The van der Waals surface area contributed by atoms with Crippen molar-refractivity contribution in [2.45, 2.75) is 123 Å². The SMILES string of the molecule is CCCCCCCCCC(=O)OC(COC(=O)CCCCCCCC)COC(OCC[N+](C)(C)C)C(=O)O. The standard InChI is InChI=1S/C29H55NO8/c1-6-8-10-12-14-16-18-20-27(32)38-25(23-36-26(31)19-17-15-13-11-9-7-2)24-37-29(28(33)34)35-22-21-30(3,4)5/h25,29H,6-24H2,1-5H3/p+1. The van der Waals surface area contributed by atoms with E-state index in [0.29, 0.717) is 17.4 Å². The number of carbonyl (C=O) groups excluding carboxylic acids is 2. The second-order valence-electron chi connectivity index (χ2n) is 11.1. The van der Waals surface area contributed by atoms with Gasteiger partial charge in [0, 0.05) is 12.8 Å². The number of rotatable bonds is 26. The summed E-state index contributed by atoms with van der Waals surface area (Å²) in [7, 11) is 5.92. The lowest BCUT2D eigenvalue weighted by atomic mass is 10.1. The van der Waals surface area contributed by atoms with Gasteiger partial charge in [-0.25, -0.2) is 4.79 Å². The number of unbranched alkanes of at least 4 members (excludes halogenated alkanes) is 11. The molecular weight excluding hydrogens is 490 g/mol. The maximum absolute atomic E-state index is 12.4. The number of carboxylic acids is 1. The van der Waals surface area contributed by atoms with Crippen molar-refractivity contribution in [3.8, 4) is 0 Å². The van der Waals surface area contributed by atoms with Crippen molar-refractivity contribution in [3.63, 3.8) is 0 Å². The summed E-state index contributed by atoms with van der Waals surface area (Å²) < 4.78 is 22.3. The Morgan fingerprint density at radius 1 is 0.684 bits per heavy atom. The van der Waals surface area contributed by atoms with Crippen molar-refractivity contribution in [1.82, 2.24) is 0 Å². The van der Waals surface area contributed by atoms with Gasteiger partial charge < -0.3 is 28.5 Å². The average molecular weight is 547 g/mol. The minimum absolute atomic E-state index is 0.178. The van der Waals surface area contributed by atoms with E-state index in [1.165, 1.54) is 44.9 Å². The van der Waals surface area contributed by atoms with E-state index in [4.69, 9.17) is 18.9 Å². The molecule has 0 spiro atoms. The van der Waals surface area contributed by atoms with Crippen molar-refractivity contribution >= 4 is 17.9 Å². The van der Waals surface area contributed by atoms with Crippen molar-refractivity contribution in [1.29, 1.82) is 0 Å². The number of hydrogen-bond acceptors (Lipinski definition) is 7. The molecule has 9 heteroatoms. The van der Waals surface area contributed by atoms with Crippen LogP contribution in [0.15, 0.2) is 0 Å². The number of carboxylic acid groups (broad SMARTS) is 1. The molecule has 0 aromatic heterocycles. The molecule has 38 heavy (non-hydrogen) atoms. The van der Waals surface area contributed by atoms with Crippen LogP contribution in [0.2, 0.25) is 0 Å². The molecule has 0 aliphatic rings. The number of likely N-dealkylation sites (N-methyl/N-ethyl adjacent to an activating group) is 1. The van der Waals surface area contributed by atoms with E-state index in [2.05, 4.69) is 13.8 Å². The Morgan fingerprint density at radius 2 is 1.18 bits per heavy atom. The number of aliphatic carboxylic acids is 1. The van der Waals surface area contributed by atoms with Crippen molar-refractivity contribution in [2.75, 3.05) is 47.5 Å². The first-order valence-electron chi connectivity index (χ1n) is 14.7. The predicted molar refractivity (Wildman–Crippen MR) is 148 cm³/mol. The van der Waals surface area contributed by atoms with Crippen LogP contribution >= 0.6 is 0 Å². The summed E-state index contributed by atoms with van der Waals surface area (Å²) in [6.45, 7) is 4.71. The molecule has 2 atom stereocenters.